The predicted octanol–water partition coefficient (Wildman–Crippen LogP) is 0.622. The van der Waals surface area contributed by atoms with Crippen LogP contribution in [0.3, 0.4) is 0 Å². The molecule has 19 heavy (non-hydrogen) atoms. The van der Waals surface area contributed by atoms with Crippen molar-refractivity contribution in [1.29, 1.82) is 0 Å². The lowest BCUT2D eigenvalue weighted by molar-refractivity contribution is -0.140. The average molecular weight is 258 g/mol. The minimum absolute atomic E-state index is 0.163. The Balaban J connectivity index is 2.34. The first-order valence-electron chi connectivity index (χ1n) is 5.64. The van der Waals surface area contributed by atoms with Gasteiger partial charge >= 0.3 is 5.97 Å². The van der Waals surface area contributed by atoms with Crippen molar-refractivity contribution in [3.63, 3.8) is 0 Å². The first-order chi connectivity index (χ1) is 9.08. The Bertz CT molecular complexity index is 738. The van der Waals surface area contributed by atoms with E-state index in [1.807, 2.05) is 0 Å². The topological polar surface area (TPSA) is 97.1 Å². The molecule has 96 valence electrons. The summed E-state index contributed by atoms with van der Waals surface area (Å²) in [6, 6.07) is 7.06. The Hall–Kier alpha value is -2.70. The third kappa shape index (κ3) is 1.67. The number of carboxylic acids is 1. The number of hydrogen-bond acceptors (Lipinski definition) is 5. The van der Waals surface area contributed by atoms with E-state index in [-0.39, 0.29) is 11.5 Å². The fourth-order valence-electron chi connectivity index (χ4n) is 2.02. The minimum atomic E-state index is -1.09. The molecule has 0 radical (unpaired) electrons. The number of hydrogen-bond donors (Lipinski definition) is 2. The van der Waals surface area contributed by atoms with Crippen LogP contribution >= 0.6 is 0 Å². The van der Waals surface area contributed by atoms with Crippen molar-refractivity contribution in [1.82, 2.24) is 14.8 Å². The fraction of sp³-hybridized carbons (Fsp3) is 0.167. The standard InChI is InChI=1S/C12H10N4O3/c1-6-11(17)14-9-7-4-2-3-5-8(7)13-10(12(18)19)16(9)15-6/h2-5,10,13H,1H3,(H,18,19). The number of aromatic nitrogens is 3. The summed E-state index contributed by atoms with van der Waals surface area (Å²) < 4.78 is 1.22. The molecule has 1 aromatic carbocycles. The number of aryl methyl sites for hydroxylation is 1. The van der Waals surface area contributed by atoms with Gasteiger partial charge in [-0.1, -0.05) is 12.1 Å². The normalized spacial score (nSPS) is 16.2. The van der Waals surface area contributed by atoms with Gasteiger partial charge in [-0.25, -0.2) is 9.48 Å². The zero-order valence-corrected chi connectivity index (χ0v) is 9.99. The van der Waals surface area contributed by atoms with Gasteiger partial charge in [-0.05, 0) is 19.1 Å². The van der Waals surface area contributed by atoms with Crippen molar-refractivity contribution in [3.05, 3.63) is 40.3 Å². The van der Waals surface area contributed by atoms with Gasteiger partial charge in [0.15, 0.2) is 5.82 Å². The van der Waals surface area contributed by atoms with Crippen LogP contribution in [0.1, 0.15) is 11.9 Å². The Kier molecular flexibility index (Phi) is 2.34. The highest BCUT2D eigenvalue weighted by atomic mass is 16.4. The van der Waals surface area contributed by atoms with Crippen LogP contribution in [-0.2, 0) is 4.79 Å². The van der Waals surface area contributed by atoms with Gasteiger partial charge in [0.05, 0.1) is 0 Å². The van der Waals surface area contributed by atoms with Crippen LogP contribution in [0.15, 0.2) is 29.1 Å². The van der Waals surface area contributed by atoms with Gasteiger partial charge in [-0.3, -0.25) is 4.79 Å². The van der Waals surface area contributed by atoms with Gasteiger partial charge in [-0.15, -0.1) is 0 Å². The number of rotatable bonds is 1. The highest BCUT2D eigenvalue weighted by Gasteiger charge is 2.30. The quantitative estimate of drug-likeness (QED) is 0.778. The third-order valence-electron chi connectivity index (χ3n) is 2.93. The first kappa shape index (κ1) is 11.4. The summed E-state index contributed by atoms with van der Waals surface area (Å²) in [7, 11) is 0. The number of fused-ring (bicyclic) bond motifs is 3. The lowest BCUT2D eigenvalue weighted by atomic mass is 10.1. The highest BCUT2D eigenvalue weighted by molar-refractivity contribution is 5.83. The predicted molar refractivity (Wildman–Crippen MR) is 66.8 cm³/mol. The number of nitrogens with zero attached hydrogens (tertiary/aromatic N) is 3. The Morgan fingerprint density at radius 3 is 2.89 bits per heavy atom. The number of benzene rings is 1. The summed E-state index contributed by atoms with van der Waals surface area (Å²) >= 11 is 0. The van der Waals surface area contributed by atoms with Gasteiger partial charge in [0, 0.05) is 11.3 Å². The van der Waals surface area contributed by atoms with E-state index in [4.69, 9.17) is 0 Å². The van der Waals surface area contributed by atoms with Gasteiger partial charge in [0.25, 0.3) is 5.56 Å². The summed E-state index contributed by atoms with van der Waals surface area (Å²) in [4.78, 5) is 26.8. The van der Waals surface area contributed by atoms with Gasteiger partial charge < -0.3 is 10.4 Å². The third-order valence-corrected chi connectivity index (χ3v) is 2.93. The van der Waals surface area contributed by atoms with Crippen LogP contribution < -0.4 is 10.9 Å². The second kappa shape index (κ2) is 3.91. The molecule has 2 heterocycles. The molecular weight excluding hydrogens is 248 g/mol. The van der Waals surface area contributed by atoms with Crippen molar-refractivity contribution < 1.29 is 9.90 Å². The molecule has 0 saturated heterocycles. The summed E-state index contributed by atoms with van der Waals surface area (Å²) in [5.41, 5.74) is 0.986. The van der Waals surface area contributed by atoms with Crippen LogP contribution in [0.25, 0.3) is 11.4 Å². The van der Waals surface area contributed by atoms with E-state index < -0.39 is 17.7 Å². The van der Waals surface area contributed by atoms with E-state index in [9.17, 15) is 14.7 Å². The van der Waals surface area contributed by atoms with E-state index >= 15 is 0 Å². The monoisotopic (exact) mass is 258 g/mol. The SMILES string of the molecule is Cc1nn2c(nc1=O)-c1ccccc1NC2C(=O)O. The molecule has 0 bridgehead atoms. The van der Waals surface area contributed by atoms with Crippen LogP contribution in [0.5, 0.6) is 0 Å². The first-order valence-corrected chi connectivity index (χ1v) is 5.64. The number of carboxylic acid groups (broad SMARTS) is 1. The molecular formula is C12H10N4O3. The van der Waals surface area contributed by atoms with Crippen molar-refractivity contribution in [3.8, 4) is 11.4 Å². The number of anilines is 1. The van der Waals surface area contributed by atoms with E-state index in [0.717, 1.165) is 0 Å². The molecule has 1 aliphatic rings. The number of aliphatic carboxylic acids is 1. The van der Waals surface area contributed by atoms with Crippen LogP contribution in [0.4, 0.5) is 5.69 Å². The molecule has 1 aromatic heterocycles. The Labute approximate surface area is 107 Å². The lowest BCUT2D eigenvalue weighted by Gasteiger charge is -2.27. The molecule has 0 fully saturated rings. The zero-order chi connectivity index (χ0) is 13.6. The van der Waals surface area contributed by atoms with E-state index in [2.05, 4.69) is 15.4 Å². The summed E-state index contributed by atoms with van der Waals surface area (Å²) in [5, 5.41) is 16.1. The molecule has 0 spiro atoms. The van der Waals surface area contributed by atoms with Crippen LogP contribution in [0, 0.1) is 6.92 Å². The minimum Gasteiger partial charge on any atom is -0.478 e. The van der Waals surface area contributed by atoms with Crippen LogP contribution in [0.2, 0.25) is 0 Å². The summed E-state index contributed by atoms with van der Waals surface area (Å²) in [6.07, 6.45) is -1.07. The maximum atomic E-state index is 11.6. The lowest BCUT2D eigenvalue weighted by Crippen LogP contribution is -2.36. The molecule has 0 aliphatic carbocycles. The molecule has 0 saturated carbocycles. The molecule has 1 atom stereocenters. The molecule has 7 heteroatoms. The Morgan fingerprint density at radius 1 is 1.42 bits per heavy atom. The largest absolute Gasteiger partial charge is 0.478 e. The van der Waals surface area contributed by atoms with Gasteiger partial charge in [0.1, 0.15) is 5.69 Å². The number of nitrogens with one attached hydrogen (secondary N) is 1. The number of carbonyl (C=O) groups is 1. The molecule has 2 N–H and O–H groups in total. The van der Waals surface area contributed by atoms with Crippen molar-refractivity contribution in [2.75, 3.05) is 5.32 Å². The molecule has 2 aromatic rings. The second-order valence-electron chi connectivity index (χ2n) is 4.20. The van der Waals surface area contributed by atoms with Gasteiger partial charge in [-0.2, -0.15) is 10.1 Å². The maximum Gasteiger partial charge on any atom is 0.349 e. The second-order valence-corrected chi connectivity index (χ2v) is 4.20. The van der Waals surface area contributed by atoms with Crippen LogP contribution in [-0.4, -0.2) is 25.8 Å². The molecule has 7 nitrogen and oxygen atoms in total. The molecule has 1 aliphatic heterocycles. The smallest absolute Gasteiger partial charge is 0.349 e. The van der Waals surface area contributed by atoms with E-state index in [1.54, 1.807) is 24.3 Å². The fourth-order valence-corrected chi connectivity index (χ4v) is 2.02. The maximum absolute atomic E-state index is 11.6. The van der Waals surface area contributed by atoms with Gasteiger partial charge in [0.2, 0.25) is 6.17 Å². The summed E-state index contributed by atoms with van der Waals surface area (Å²) in [6.45, 7) is 1.50. The number of para-hydroxylation sites is 1. The van der Waals surface area contributed by atoms with Crippen molar-refractivity contribution >= 4 is 11.7 Å². The van der Waals surface area contributed by atoms with E-state index in [0.29, 0.717) is 11.3 Å². The van der Waals surface area contributed by atoms with Crippen molar-refractivity contribution in [2.24, 2.45) is 0 Å². The average Bonchev–Trinajstić information content (AvgIpc) is 2.39. The molecule has 0 amide bonds. The molecule has 3 rings (SSSR count). The highest BCUT2D eigenvalue weighted by Crippen LogP contribution is 2.33. The van der Waals surface area contributed by atoms with E-state index in [1.165, 1.54) is 11.6 Å². The summed E-state index contributed by atoms with van der Waals surface area (Å²) in [5.74, 6) is -0.828. The Morgan fingerprint density at radius 2 is 2.16 bits per heavy atom. The van der Waals surface area contributed by atoms with Crippen molar-refractivity contribution in [2.45, 2.75) is 13.1 Å². The molecule has 1 unspecified atom stereocenters. The zero-order valence-electron chi connectivity index (χ0n) is 9.99.